The average molecular weight is 682 g/mol. The van der Waals surface area contributed by atoms with Crippen LogP contribution in [0.15, 0.2) is 103 Å². The molecule has 4 aliphatic rings. The fraction of sp³-hybridized carbons (Fsp3) is 0.211. The van der Waals surface area contributed by atoms with Crippen LogP contribution in [-0.4, -0.2) is 38.5 Å². The third-order valence-electron chi connectivity index (χ3n) is 10.5. The van der Waals surface area contributed by atoms with E-state index >= 15 is 0 Å². The van der Waals surface area contributed by atoms with Crippen LogP contribution in [0, 0.1) is 23.6 Å². The molecular formula is C38H27Cl2FN2O5. The molecule has 0 spiro atoms. The van der Waals surface area contributed by atoms with Gasteiger partial charge >= 0.3 is 0 Å². The first kappa shape index (κ1) is 30.5. The molecule has 0 radical (unpaired) electrons. The van der Waals surface area contributed by atoms with Crippen molar-refractivity contribution in [2.75, 3.05) is 9.80 Å². The Hall–Kier alpha value is -4.79. The second-order valence-corrected chi connectivity index (χ2v) is 14.0. The number of alkyl halides is 2. The van der Waals surface area contributed by atoms with Crippen molar-refractivity contribution in [1.82, 2.24) is 0 Å². The highest BCUT2D eigenvalue weighted by atomic mass is 35.5. The Labute approximate surface area is 284 Å². The van der Waals surface area contributed by atoms with Crippen molar-refractivity contribution in [3.05, 3.63) is 120 Å². The van der Waals surface area contributed by atoms with E-state index in [9.17, 15) is 28.7 Å². The third-order valence-corrected chi connectivity index (χ3v) is 11.9. The molecule has 1 saturated carbocycles. The molecule has 2 aliphatic heterocycles. The number of hydrogen-bond donors (Lipinski definition) is 1. The highest BCUT2D eigenvalue weighted by Crippen LogP contribution is 2.67. The largest absolute Gasteiger partial charge is 0.508 e. The Morgan fingerprint density at radius 3 is 2.19 bits per heavy atom. The van der Waals surface area contributed by atoms with Gasteiger partial charge in [0.1, 0.15) is 11.6 Å². The Balaban J connectivity index is 1.33. The van der Waals surface area contributed by atoms with Crippen LogP contribution in [-0.2, 0) is 19.2 Å². The summed E-state index contributed by atoms with van der Waals surface area (Å²) in [5, 5.41) is 12.9. The van der Waals surface area contributed by atoms with Gasteiger partial charge in [0.2, 0.25) is 11.8 Å². The number of hydrogen-bond acceptors (Lipinski definition) is 5. The Kier molecular flexibility index (Phi) is 6.75. The number of carbonyl (C=O) groups is 4. The lowest BCUT2D eigenvalue weighted by atomic mass is 9.56. The first-order valence-electron chi connectivity index (χ1n) is 15.5. The van der Waals surface area contributed by atoms with Crippen LogP contribution in [0.25, 0.3) is 16.8 Å². The molecule has 48 heavy (non-hydrogen) atoms. The zero-order chi connectivity index (χ0) is 33.7. The van der Waals surface area contributed by atoms with E-state index in [1.165, 1.54) is 23.1 Å². The summed E-state index contributed by atoms with van der Waals surface area (Å²) in [5.74, 6) is -6.80. The quantitative estimate of drug-likeness (QED) is 0.141. The zero-order valence-electron chi connectivity index (χ0n) is 25.3. The van der Waals surface area contributed by atoms with Gasteiger partial charge in [-0.1, -0.05) is 66.8 Å². The van der Waals surface area contributed by atoms with Crippen LogP contribution < -0.4 is 9.80 Å². The molecule has 2 heterocycles. The van der Waals surface area contributed by atoms with Crippen LogP contribution in [0.5, 0.6) is 5.75 Å². The lowest BCUT2D eigenvalue weighted by Gasteiger charge is -2.51. The van der Waals surface area contributed by atoms with Crippen LogP contribution in [0.3, 0.4) is 0 Å². The number of allylic oxidation sites excluding steroid dienone is 2. The van der Waals surface area contributed by atoms with Crippen molar-refractivity contribution in [3.8, 4) is 5.75 Å². The van der Waals surface area contributed by atoms with Crippen molar-refractivity contribution >= 4 is 75.1 Å². The van der Waals surface area contributed by atoms with Crippen molar-refractivity contribution in [3.63, 3.8) is 0 Å². The number of nitrogens with zero attached hydrogens (tertiary/aromatic N) is 2. The highest BCUT2D eigenvalue weighted by Gasteiger charge is 2.77. The molecule has 4 amide bonds. The van der Waals surface area contributed by atoms with Gasteiger partial charge in [-0.2, -0.15) is 0 Å². The minimum absolute atomic E-state index is 0.0813. The van der Waals surface area contributed by atoms with E-state index in [1.807, 2.05) is 18.2 Å². The van der Waals surface area contributed by atoms with E-state index in [4.69, 9.17) is 23.2 Å². The SMILES string of the molecule is C=Cc1ccc(N2C(=O)[C@H]3[C@H](CC=C4[C@H]3C[C@@]3(Cl)C(=O)N(c5ccc(F)cc5)C(=O)[C@@]3(Cl)[C@H]4c3c(O)ccc4ccccc34)C2=O)cc1. The summed E-state index contributed by atoms with van der Waals surface area (Å²) in [6.45, 7) is 3.76. The molecule has 8 rings (SSSR count). The van der Waals surface area contributed by atoms with E-state index in [-0.39, 0.29) is 30.2 Å². The molecule has 10 heteroatoms. The maximum Gasteiger partial charge on any atom is 0.258 e. The molecule has 2 aliphatic carbocycles. The van der Waals surface area contributed by atoms with Gasteiger partial charge in [0.05, 0.1) is 23.2 Å². The third kappa shape index (κ3) is 3.93. The molecule has 0 unspecified atom stereocenters. The van der Waals surface area contributed by atoms with Gasteiger partial charge in [-0.05, 0) is 77.6 Å². The van der Waals surface area contributed by atoms with Gasteiger partial charge in [-0.3, -0.25) is 24.1 Å². The van der Waals surface area contributed by atoms with Gasteiger partial charge in [-0.15, -0.1) is 23.2 Å². The van der Waals surface area contributed by atoms with Gasteiger partial charge in [-0.25, -0.2) is 9.29 Å². The topological polar surface area (TPSA) is 95.0 Å². The summed E-state index contributed by atoms with van der Waals surface area (Å²) in [7, 11) is 0. The predicted octanol–water partition coefficient (Wildman–Crippen LogP) is 7.10. The molecule has 3 fully saturated rings. The molecule has 4 aromatic carbocycles. The number of amides is 4. The molecule has 7 nitrogen and oxygen atoms in total. The van der Waals surface area contributed by atoms with Gasteiger partial charge in [0, 0.05) is 11.5 Å². The average Bonchev–Trinajstić information content (AvgIpc) is 3.43. The second kappa shape index (κ2) is 10.6. The molecule has 0 aromatic heterocycles. The molecule has 4 aromatic rings. The molecular weight excluding hydrogens is 654 g/mol. The Morgan fingerprint density at radius 1 is 0.812 bits per heavy atom. The molecule has 2 saturated heterocycles. The maximum absolute atomic E-state index is 14.7. The number of phenols is 1. The monoisotopic (exact) mass is 680 g/mol. The maximum atomic E-state index is 14.7. The molecule has 6 atom stereocenters. The molecule has 240 valence electrons. The molecule has 1 N–H and O–H groups in total. The van der Waals surface area contributed by atoms with Crippen molar-refractivity contribution < 1.29 is 28.7 Å². The zero-order valence-corrected chi connectivity index (χ0v) is 26.8. The lowest BCUT2D eigenvalue weighted by molar-refractivity contribution is -0.125. The van der Waals surface area contributed by atoms with Crippen LogP contribution in [0.1, 0.15) is 29.9 Å². The van der Waals surface area contributed by atoms with Crippen LogP contribution >= 0.6 is 23.2 Å². The summed E-state index contributed by atoms with van der Waals surface area (Å²) >= 11 is 15.0. The van der Waals surface area contributed by atoms with Gasteiger partial charge < -0.3 is 5.11 Å². The van der Waals surface area contributed by atoms with E-state index in [2.05, 4.69) is 6.58 Å². The minimum atomic E-state index is -2.16. The fourth-order valence-corrected chi connectivity index (χ4v) is 9.24. The van der Waals surface area contributed by atoms with E-state index in [0.717, 1.165) is 28.0 Å². The van der Waals surface area contributed by atoms with E-state index < -0.39 is 57.0 Å². The first-order chi connectivity index (χ1) is 23.0. The number of halogens is 3. The molecule has 0 bridgehead atoms. The van der Waals surface area contributed by atoms with Crippen molar-refractivity contribution in [1.29, 1.82) is 0 Å². The number of rotatable bonds is 4. The predicted molar refractivity (Wildman–Crippen MR) is 181 cm³/mol. The number of benzene rings is 4. The van der Waals surface area contributed by atoms with Crippen LogP contribution in [0.2, 0.25) is 0 Å². The number of phenolic OH excluding ortho intramolecular Hbond substituents is 1. The lowest BCUT2D eigenvalue weighted by Crippen LogP contribution is -2.60. The summed E-state index contributed by atoms with van der Waals surface area (Å²) < 4.78 is 13.9. The summed E-state index contributed by atoms with van der Waals surface area (Å²) in [6, 6.07) is 22.2. The summed E-state index contributed by atoms with van der Waals surface area (Å²) in [5.41, 5.74) is 2.16. The van der Waals surface area contributed by atoms with Crippen LogP contribution in [0.4, 0.5) is 15.8 Å². The highest BCUT2D eigenvalue weighted by molar-refractivity contribution is 6.58. The van der Waals surface area contributed by atoms with Crippen molar-refractivity contribution in [2.24, 2.45) is 17.8 Å². The number of carbonyl (C=O) groups excluding carboxylic acids is 4. The van der Waals surface area contributed by atoms with Gasteiger partial charge in [0.15, 0.2) is 9.75 Å². The van der Waals surface area contributed by atoms with E-state index in [0.29, 0.717) is 22.2 Å². The summed E-state index contributed by atoms with van der Waals surface area (Å²) in [6.07, 6.45) is 3.44. The number of anilines is 2. The van der Waals surface area contributed by atoms with Crippen molar-refractivity contribution in [2.45, 2.75) is 28.5 Å². The fourth-order valence-electron chi connectivity index (χ4n) is 8.32. The number of fused-ring (bicyclic) bond motifs is 5. The Bertz CT molecular complexity index is 2130. The first-order valence-corrected chi connectivity index (χ1v) is 16.3. The number of imide groups is 2. The summed E-state index contributed by atoms with van der Waals surface area (Å²) in [4.78, 5) is 55.2. The smallest absolute Gasteiger partial charge is 0.258 e. The van der Waals surface area contributed by atoms with E-state index in [1.54, 1.807) is 48.5 Å². The number of aromatic hydroxyl groups is 1. The normalized spacial score (nSPS) is 29.5. The second-order valence-electron chi connectivity index (χ2n) is 12.8. The Morgan fingerprint density at radius 2 is 1.48 bits per heavy atom. The van der Waals surface area contributed by atoms with Gasteiger partial charge in [0.25, 0.3) is 11.8 Å². The standard InChI is InChI=1S/C38H27Cl2FN2O5/c1-2-20-7-12-23(13-8-20)42-33(45)27-17-16-26-28(30(27)34(42)46)19-37(39)35(47)43(24-14-10-22(41)11-15-24)36(48)38(37,40)32(26)31-25-6-4-3-5-21(25)9-18-29(31)44/h2-16,18,27-28,30,32,44H,1,17,19H2/t27-,28+,30-,32+,37+,38-/m0/s1. The minimum Gasteiger partial charge on any atom is -0.508 e.